The molecule has 1 heterocycles. The normalized spacial score (nSPS) is 18.4. The van der Waals surface area contributed by atoms with E-state index in [2.05, 4.69) is 0 Å². The van der Waals surface area contributed by atoms with E-state index in [1.807, 2.05) is 24.3 Å². The second kappa shape index (κ2) is 7.43. The van der Waals surface area contributed by atoms with Crippen LogP contribution in [0.2, 0.25) is 0 Å². The summed E-state index contributed by atoms with van der Waals surface area (Å²) in [6.07, 6.45) is 5.45. The minimum absolute atomic E-state index is 0.0928. The number of hydrogen-bond donors (Lipinski definition) is 0. The Bertz CT molecular complexity index is 505. The van der Waals surface area contributed by atoms with Crippen LogP contribution < -0.4 is 0 Å². The molecule has 2 rings (SSSR count). The predicted molar refractivity (Wildman–Crippen MR) is 83.3 cm³/mol. The van der Waals surface area contributed by atoms with Crippen LogP contribution in [0.25, 0.3) is 0 Å². The summed E-state index contributed by atoms with van der Waals surface area (Å²) < 4.78 is 26.6. The fraction of sp³-hybridized carbons (Fsp3) is 0.600. The van der Waals surface area contributed by atoms with E-state index < -0.39 is 10.0 Å². The molecule has 20 heavy (non-hydrogen) atoms. The minimum atomic E-state index is -3.20. The molecule has 0 atom stereocenters. The number of alkyl halides is 1. The maximum absolute atomic E-state index is 12.5. The number of halogens is 1. The van der Waals surface area contributed by atoms with Crippen LogP contribution in [0.5, 0.6) is 0 Å². The van der Waals surface area contributed by atoms with E-state index in [4.69, 9.17) is 11.6 Å². The monoisotopic (exact) mass is 315 g/mol. The average molecular weight is 316 g/mol. The zero-order valence-corrected chi connectivity index (χ0v) is 13.3. The molecule has 0 unspecified atom stereocenters. The molecule has 0 spiro atoms. The van der Waals surface area contributed by atoms with Crippen LogP contribution in [0.15, 0.2) is 24.3 Å². The second-order valence-corrected chi connectivity index (χ2v) is 7.61. The van der Waals surface area contributed by atoms with E-state index >= 15 is 0 Å². The lowest BCUT2D eigenvalue weighted by Crippen LogP contribution is -2.34. The smallest absolute Gasteiger partial charge is 0.212 e. The molecule has 5 heteroatoms. The molecule has 1 aromatic carbocycles. The zero-order valence-electron chi connectivity index (χ0n) is 11.7. The topological polar surface area (TPSA) is 37.4 Å². The first-order valence-corrected chi connectivity index (χ1v) is 9.38. The van der Waals surface area contributed by atoms with Gasteiger partial charge in [-0.1, -0.05) is 43.5 Å². The van der Waals surface area contributed by atoms with Gasteiger partial charge >= 0.3 is 0 Å². The van der Waals surface area contributed by atoms with Gasteiger partial charge in [0, 0.05) is 19.0 Å². The predicted octanol–water partition coefficient (Wildman–Crippen LogP) is 3.52. The average Bonchev–Trinajstić information content (AvgIpc) is 2.38. The number of nitrogens with zero attached hydrogens (tertiary/aromatic N) is 1. The number of benzene rings is 1. The largest absolute Gasteiger partial charge is 0.218 e. The molecule has 0 aromatic heterocycles. The van der Waals surface area contributed by atoms with E-state index in [9.17, 15) is 8.42 Å². The van der Waals surface area contributed by atoms with Gasteiger partial charge in [-0.25, -0.2) is 12.7 Å². The van der Waals surface area contributed by atoms with Crippen molar-refractivity contribution in [2.45, 2.75) is 43.7 Å². The van der Waals surface area contributed by atoms with E-state index in [1.165, 1.54) is 6.42 Å². The van der Waals surface area contributed by atoms with Crippen molar-refractivity contribution < 1.29 is 8.42 Å². The molecule has 0 radical (unpaired) electrons. The van der Waals surface area contributed by atoms with Gasteiger partial charge in [-0.3, -0.25) is 0 Å². The fourth-order valence-corrected chi connectivity index (χ4v) is 4.31. The molecule has 0 aliphatic carbocycles. The lowest BCUT2D eigenvalue weighted by molar-refractivity contribution is 0.364. The molecule has 0 amide bonds. The number of sulfonamides is 1. The second-order valence-electron chi connectivity index (χ2n) is 5.37. The number of rotatable bonds is 4. The lowest BCUT2D eigenvalue weighted by atomic mass is 10.1. The summed E-state index contributed by atoms with van der Waals surface area (Å²) in [6.45, 7) is 1.34. The maximum atomic E-state index is 12.5. The first-order chi connectivity index (χ1) is 9.62. The molecule has 3 nitrogen and oxygen atoms in total. The molecule has 1 saturated heterocycles. The highest BCUT2D eigenvalue weighted by atomic mass is 35.5. The Morgan fingerprint density at radius 2 is 1.40 bits per heavy atom. The first-order valence-electron chi connectivity index (χ1n) is 7.23. The molecule has 112 valence electrons. The van der Waals surface area contributed by atoms with Gasteiger partial charge in [-0.15, -0.1) is 11.6 Å². The first kappa shape index (κ1) is 15.8. The summed E-state index contributed by atoms with van der Waals surface area (Å²) in [5.74, 6) is 0.550. The van der Waals surface area contributed by atoms with Crippen molar-refractivity contribution in [3.05, 3.63) is 35.4 Å². The Balaban J connectivity index is 2.04. The molecule has 1 aliphatic rings. The van der Waals surface area contributed by atoms with Crippen LogP contribution in [-0.2, 0) is 21.7 Å². The molecule has 1 fully saturated rings. The summed E-state index contributed by atoms with van der Waals surface area (Å²) in [4.78, 5) is 0. The van der Waals surface area contributed by atoms with Crippen molar-refractivity contribution in [1.82, 2.24) is 4.31 Å². The van der Waals surface area contributed by atoms with Gasteiger partial charge < -0.3 is 0 Å². The Morgan fingerprint density at radius 3 is 1.95 bits per heavy atom. The molecule has 1 aromatic rings. The molecule has 0 N–H and O–H groups in total. The quantitative estimate of drug-likeness (QED) is 0.797. The van der Waals surface area contributed by atoms with E-state index in [0.717, 1.165) is 36.8 Å². The van der Waals surface area contributed by atoms with Gasteiger partial charge in [0.1, 0.15) is 0 Å². The fourth-order valence-electron chi connectivity index (χ4n) is 2.52. The van der Waals surface area contributed by atoms with Gasteiger partial charge in [0.15, 0.2) is 0 Å². The Kier molecular flexibility index (Phi) is 5.87. The Hall–Kier alpha value is -0.580. The minimum Gasteiger partial charge on any atom is -0.212 e. The van der Waals surface area contributed by atoms with Gasteiger partial charge in [-0.05, 0) is 24.0 Å². The third kappa shape index (κ3) is 4.47. The van der Waals surface area contributed by atoms with Crippen molar-refractivity contribution in [3.63, 3.8) is 0 Å². The highest BCUT2D eigenvalue weighted by molar-refractivity contribution is 7.88. The molecular weight excluding hydrogens is 294 g/mol. The summed E-state index contributed by atoms with van der Waals surface area (Å²) in [7, 11) is -3.20. The van der Waals surface area contributed by atoms with Crippen molar-refractivity contribution in [1.29, 1.82) is 0 Å². The van der Waals surface area contributed by atoms with Crippen molar-refractivity contribution in [2.75, 3.05) is 13.1 Å². The van der Waals surface area contributed by atoms with Crippen molar-refractivity contribution >= 4 is 21.6 Å². The summed E-state index contributed by atoms with van der Waals surface area (Å²) in [5.41, 5.74) is 1.85. The van der Waals surface area contributed by atoms with Crippen LogP contribution >= 0.6 is 11.6 Å². The molecule has 0 bridgehead atoms. The van der Waals surface area contributed by atoms with Crippen LogP contribution in [0.3, 0.4) is 0 Å². The van der Waals surface area contributed by atoms with Crippen molar-refractivity contribution in [2.24, 2.45) is 0 Å². The highest BCUT2D eigenvalue weighted by Crippen LogP contribution is 2.17. The van der Waals surface area contributed by atoms with Gasteiger partial charge in [0.05, 0.1) is 5.75 Å². The molecular formula is C15H22ClNO2S. The van der Waals surface area contributed by atoms with Crippen LogP contribution in [-0.4, -0.2) is 25.8 Å². The maximum Gasteiger partial charge on any atom is 0.218 e. The van der Waals surface area contributed by atoms with E-state index in [-0.39, 0.29) is 5.75 Å². The van der Waals surface area contributed by atoms with Crippen molar-refractivity contribution in [3.8, 4) is 0 Å². The van der Waals surface area contributed by atoms with E-state index in [1.54, 1.807) is 4.31 Å². The Morgan fingerprint density at radius 1 is 0.900 bits per heavy atom. The third-order valence-electron chi connectivity index (χ3n) is 3.73. The summed E-state index contributed by atoms with van der Waals surface area (Å²) in [5, 5.41) is 0. The molecule has 0 saturated carbocycles. The van der Waals surface area contributed by atoms with Gasteiger partial charge in [0.25, 0.3) is 0 Å². The Labute approximate surface area is 127 Å². The summed E-state index contributed by atoms with van der Waals surface area (Å²) in [6, 6.07) is 7.51. The molecule has 1 aliphatic heterocycles. The van der Waals surface area contributed by atoms with Crippen LogP contribution in [0.4, 0.5) is 0 Å². The lowest BCUT2D eigenvalue weighted by Gasteiger charge is -2.24. The summed E-state index contributed by atoms with van der Waals surface area (Å²) >= 11 is 5.74. The van der Waals surface area contributed by atoms with Gasteiger partial charge in [0.2, 0.25) is 10.0 Å². The van der Waals surface area contributed by atoms with Crippen LogP contribution in [0.1, 0.15) is 43.2 Å². The van der Waals surface area contributed by atoms with E-state index in [0.29, 0.717) is 19.0 Å². The highest BCUT2D eigenvalue weighted by Gasteiger charge is 2.22. The van der Waals surface area contributed by atoms with Gasteiger partial charge in [-0.2, -0.15) is 0 Å². The number of hydrogen-bond acceptors (Lipinski definition) is 2. The standard InChI is InChI=1S/C15H22ClNO2S/c16-12-14-6-8-15(9-7-14)13-20(18,19)17-10-4-2-1-3-5-11-17/h6-9H,1-5,10-13H2. The van der Waals surface area contributed by atoms with Crippen LogP contribution in [0, 0.1) is 0 Å². The SMILES string of the molecule is O=S(=O)(Cc1ccc(CCl)cc1)N1CCCCCCC1. The third-order valence-corrected chi connectivity index (χ3v) is 5.89. The zero-order chi connectivity index (χ0) is 14.4.